The van der Waals surface area contributed by atoms with Gasteiger partial charge in [-0.1, -0.05) is 36.8 Å². The first-order valence-corrected chi connectivity index (χ1v) is 11.1. The van der Waals surface area contributed by atoms with Gasteiger partial charge in [-0.15, -0.1) is 0 Å². The Kier molecular flexibility index (Phi) is 5.06. The molecule has 0 spiro atoms. The van der Waals surface area contributed by atoms with Gasteiger partial charge in [0.1, 0.15) is 0 Å². The van der Waals surface area contributed by atoms with E-state index in [1.807, 2.05) is 7.05 Å². The van der Waals surface area contributed by atoms with Crippen LogP contribution in [0.5, 0.6) is 0 Å². The quantitative estimate of drug-likeness (QED) is 0.628. The van der Waals surface area contributed by atoms with Crippen molar-refractivity contribution in [3.63, 3.8) is 0 Å². The van der Waals surface area contributed by atoms with E-state index in [-0.39, 0.29) is 6.10 Å². The number of guanidine groups is 1. The van der Waals surface area contributed by atoms with Gasteiger partial charge in [0.05, 0.1) is 18.8 Å². The summed E-state index contributed by atoms with van der Waals surface area (Å²) in [5, 5.41) is 3.75. The topological polar surface area (TPSA) is 40.1 Å². The van der Waals surface area contributed by atoms with Crippen molar-refractivity contribution in [1.29, 1.82) is 0 Å². The molecule has 4 aliphatic rings. The summed E-state index contributed by atoms with van der Waals surface area (Å²) in [6.07, 6.45) is 7.39. The largest absolute Gasteiger partial charge is 0.373 e. The van der Waals surface area contributed by atoms with Gasteiger partial charge in [-0.25, -0.2) is 0 Å². The normalized spacial score (nSPS) is 30.0. The third-order valence-corrected chi connectivity index (χ3v) is 7.55. The van der Waals surface area contributed by atoms with Crippen LogP contribution in [0.25, 0.3) is 0 Å². The number of ether oxygens (including phenoxy) is 1. The van der Waals surface area contributed by atoms with E-state index in [0.29, 0.717) is 11.5 Å². The van der Waals surface area contributed by atoms with Gasteiger partial charge in [0.2, 0.25) is 0 Å². The van der Waals surface area contributed by atoms with Gasteiger partial charge in [0.25, 0.3) is 0 Å². The molecule has 2 heterocycles. The number of rotatable bonds is 5. The van der Waals surface area contributed by atoms with E-state index in [4.69, 9.17) is 4.74 Å². The summed E-state index contributed by atoms with van der Waals surface area (Å²) in [7, 11) is 1.93. The zero-order valence-electron chi connectivity index (χ0n) is 17.1. The molecule has 5 nitrogen and oxygen atoms in total. The summed E-state index contributed by atoms with van der Waals surface area (Å²) in [5.74, 6) is 2.04. The standard InChI is InChI=1S/C23H34N4O/c1-24-22(25-17-23(10-5-11-23)19-8-9-19)27-15-20-21(16-27)28-13-12-26(20)14-18-6-3-2-4-7-18/h2-4,6-7,19-21H,5,8-17H2,1H3,(H,24,25). The molecule has 0 aromatic heterocycles. The number of likely N-dealkylation sites (tertiary alicyclic amines) is 1. The van der Waals surface area contributed by atoms with Gasteiger partial charge in [-0.05, 0) is 42.6 Å². The van der Waals surface area contributed by atoms with Gasteiger partial charge in [0.15, 0.2) is 5.96 Å². The number of aliphatic imine (C=N–C) groups is 1. The van der Waals surface area contributed by atoms with E-state index in [1.165, 1.54) is 37.7 Å². The summed E-state index contributed by atoms with van der Waals surface area (Å²) < 4.78 is 6.15. The highest BCUT2D eigenvalue weighted by Crippen LogP contribution is 2.56. The predicted octanol–water partition coefficient (Wildman–Crippen LogP) is 2.73. The Balaban J connectivity index is 1.21. The highest BCUT2D eigenvalue weighted by Gasteiger charge is 2.49. The van der Waals surface area contributed by atoms with E-state index in [2.05, 4.69) is 50.4 Å². The van der Waals surface area contributed by atoms with E-state index in [0.717, 1.165) is 51.2 Å². The second kappa shape index (κ2) is 7.68. The lowest BCUT2D eigenvalue weighted by molar-refractivity contribution is -0.0502. The molecule has 1 aromatic rings. The monoisotopic (exact) mass is 382 g/mol. The second-order valence-corrected chi connectivity index (χ2v) is 9.23. The third kappa shape index (κ3) is 3.55. The van der Waals surface area contributed by atoms with Crippen molar-refractivity contribution in [2.24, 2.45) is 16.3 Å². The number of morpholine rings is 1. The molecule has 0 radical (unpaired) electrons. The molecule has 2 saturated carbocycles. The van der Waals surface area contributed by atoms with Gasteiger partial charge >= 0.3 is 0 Å². The zero-order chi connectivity index (χ0) is 19.0. The third-order valence-electron chi connectivity index (χ3n) is 7.55. The fraction of sp³-hybridized carbons (Fsp3) is 0.696. The maximum Gasteiger partial charge on any atom is 0.193 e. The average Bonchev–Trinajstić information content (AvgIpc) is 3.44. The summed E-state index contributed by atoms with van der Waals surface area (Å²) in [4.78, 5) is 9.67. The molecule has 152 valence electrons. The minimum atomic E-state index is 0.289. The van der Waals surface area contributed by atoms with E-state index >= 15 is 0 Å². The number of nitrogens with zero attached hydrogens (tertiary/aromatic N) is 3. The summed E-state index contributed by atoms with van der Waals surface area (Å²) in [6.45, 7) is 5.92. The smallest absolute Gasteiger partial charge is 0.193 e. The summed E-state index contributed by atoms with van der Waals surface area (Å²) in [5.41, 5.74) is 1.96. The maximum atomic E-state index is 6.15. The van der Waals surface area contributed by atoms with Crippen molar-refractivity contribution in [1.82, 2.24) is 15.1 Å². The molecule has 2 saturated heterocycles. The van der Waals surface area contributed by atoms with Crippen molar-refractivity contribution in [2.75, 3.05) is 39.8 Å². The van der Waals surface area contributed by atoms with Gasteiger partial charge in [-0.3, -0.25) is 9.89 Å². The molecule has 0 bridgehead atoms. The van der Waals surface area contributed by atoms with Gasteiger partial charge in [-0.2, -0.15) is 0 Å². The van der Waals surface area contributed by atoms with Crippen LogP contribution in [0.4, 0.5) is 0 Å². The number of fused-ring (bicyclic) bond motifs is 1. The van der Waals surface area contributed by atoms with Crippen LogP contribution in [0.3, 0.4) is 0 Å². The Bertz CT molecular complexity index is 698. The minimum absolute atomic E-state index is 0.289. The lowest BCUT2D eigenvalue weighted by Gasteiger charge is -2.43. The molecular formula is C23H34N4O. The fourth-order valence-corrected chi connectivity index (χ4v) is 5.59. The number of hydrogen-bond acceptors (Lipinski definition) is 3. The number of nitrogens with one attached hydrogen (secondary N) is 1. The van der Waals surface area contributed by atoms with Crippen molar-refractivity contribution in [3.05, 3.63) is 35.9 Å². The number of benzene rings is 1. The van der Waals surface area contributed by atoms with Crippen LogP contribution in [-0.4, -0.2) is 67.7 Å². The Hall–Kier alpha value is -1.59. The Morgan fingerprint density at radius 2 is 2.04 bits per heavy atom. The first kappa shape index (κ1) is 18.4. The molecule has 4 fully saturated rings. The Morgan fingerprint density at radius 1 is 1.21 bits per heavy atom. The van der Waals surface area contributed by atoms with Crippen molar-refractivity contribution >= 4 is 5.96 Å². The van der Waals surface area contributed by atoms with Crippen molar-refractivity contribution in [3.8, 4) is 0 Å². The molecule has 2 unspecified atom stereocenters. The summed E-state index contributed by atoms with van der Waals surface area (Å²) >= 11 is 0. The predicted molar refractivity (Wildman–Crippen MR) is 112 cm³/mol. The van der Waals surface area contributed by atoms with E-state index < -0.39 is 0 Å². The number of hydrogen-bond donors (Lipinski definition) is 1. The van der Waals surface area contributed by atoms with Crippen molar-refractivity contribution < 1.29 is 4.74 Å². The Labute approximate surface area is 169 Å². The van der Waals surface area contributed by atoms with E-state index in [9.17, 15) is 0 Å². The minimum Gasteiger partial charge on any atom is -0.373 e. The van der Waals surface area contributed by atoms with Gasteiger partial charge < -0.3 is 15.0 Å². The summed E-state index contributed by atoms with van der Waals surface area (Å²) in [6, 6.07) is 11.3. The second-order valence-electron chi connectivity index (χ2n) is 9.23. The fourth-order valence-electron chi connectivity index (χ4n) is 5.59. The Morgan fingerprint density at radius 3 is 2.71 bits per heavy atom. The lowest BCUT2D eigenvalue weighted by atomic mass is 9.65. The average molecular weight is 383 g/mol. The first-order chi connectivity index (χ1) is 13.8. The molecule has 2 aliphatic heterocycles. The van der Waals surface area contributed by atoms with Crippen LogP contribution in [0, 0.1) is 11.3 Å². The molecule has 28 heavy (non-hydrogen) atoms. The zero-order valence-corrected chi connectivity index (χ0v) is 17.1. The van der Waals surface area contributed by atoms with Crippen LogP contribution in [0.1, 0.15) is 37.7 Å². The van der Waals surface area contributed by atoms with Crippen LogP contribution >= 0.6 is 0 Å². The highest BCUT2D eigenvalue weighted by molar-refractivity contribution is 5.80. The first-order valence-electron chi connectivity index (χ1n) is 11.1. The molecule has 2 aliphatic carbocycles. The maximum absolute atomic E-state index is 6.15. The molecule has 0 amide bonds. The molecule has 1 N–H and O–H groups in total. The van der Waals surface area contributed by atoms with Crippen LogP contribution < -0.4 is 5.32 Å². The lowest BCUT2D eigenvalue weighted by Crippen LogP contribution is -2.50. The van der Waals surface area contributed by atoms with Gasteiger partial charge in [0, 0.05) is 39.8 Å². The molecule has 5 rings (SSSR count). The highest BCUT2D eigenvalue weighted by atomic mass is 16.5. The van der Waals surface area contributed by atoms with Crippen molar-refractivity contribution in [2.45, 2.75) is 50.8 Å². The van der Waals surface area contributed by atoms with Crippen LogP contribution in [0.2, 0.25) is 0 Å². The van der Waals surface area contributed by atoms with E-state index in [1.54, 1.807) is 0 Å². The SMILES string of the molecule is CN=C(NCC1(C2CC2)CCC1)N1CC2OCCN(Cc3ccccc3)C2C1. The molecule has 2 atom stereocenters. The van der Waals surface area contributed by atoms with Crippen LogP contribution in [0.15, 0.2) is 35.3 Å². The molecular weight excluding hydrogens is 348 g/mol. The molecule has 5 heteroatoms. The molecule has 1 aromatic carbocycles. The van der Waals surface area contributed by atoms with Crippen LogP contribution in [-0.2, 0) is 11.3 Å².